The van der Waals surface area contributed by atoms with Crippen molar-refractivity contribution in [3.63, 3.8) is 0 Å². The zero-order chi connectivity index (χ0) is 25.6. The molecule has 1 fully saturated rings. The van der Waals surface area contributed by atoms with Gasteiger partial charge in [0.25, 0.3) is 23.4 Å². The number of aliphatic hydroxyl groups is 10. The van der Waals surface area contributed by atoms with E-state index < -0.39 is 42.3 Å². The van der Waals surface area contributed by atoms with E-state index in [4.69, 9.17) is 0 Å². The SMILES string of the molecule is Cc1ccc(C(O)(O)Nc2ccccc2N=CCN2CC(O)(O)C(O)(O)C(O)(O)C2(O)O)cc1. The third-order valence-electron chi connectivity index (χ3n) is 5.56. The summed E-state index contributed by atoms with van der Waals surface area (Å²) in [5.41, 5.74) is 1.37. The van der Waals surface area contributed by atoms with Crippen LogP contribution in [0.15, 0.2) is 53.5 Å². The number of piperidine rings is 1. The quantitative estimate of drug-likeness (QED) is 0.146. The van der Waals surface area contributed by atoms with Crippen molar-refractivity contribution in [1.29, 1.82) is 0 Å². The highest BCUT2D eigenvalue weighted by molar-refractivity contribution is 5.73. The molecule has 186 valence electrons. The highest BCUT2D eigenvalue weighted by Crippen LogP contribution is 2.41. The lowest BCUT2D eigenvalue weighted by Crippen LogP contribution is -2.86. The van der Waals surface area contributed by atoms with E-state index >= 15 is 0 Å². The van der Waals surface area contributed by atoms with Crippen molar-refractivity contribution in [2.45, 2.75) is 36.1 Å². The van der Waals surface area contributed by atoms with Crippen LogP contribution in [0.2, 0.25) is 0 Å². The van der Waals surface area contributed by atoms with Crippen LogP contribution in [0.25, 0.3) is 0 Å². The number of hydrogen-bond donors (Lipinski definition) is 11. The predicted molar refractivity (Wildman–Crippen MR) is 116 cm³/mol. The van der Waals surface area contributed by atoms with Gasteiger partial charge in [-0.3, -0.25) is 4.99 Å². The molecular weight excluding hydrogens is 454 g/mol. The van der Waals surface area contributed by atoms with E-state index in [2.05, 4.69) is 10.3 Å². The van der Waals surface area contributed by atoms with Crippen molar-refractivity contribution in [1.82, 2.24) is 4.90 Å². The molecule has 0 unspecified atom stereocenters. The molecule has 1 saturated heterocycles. The molecule has 0 aromatic heterocycles. The Morgan fingerprint density at radius 3 is 2.12 bits per heavy atom. The molecular formula is C21H27N3O10. The van der Waals surface area contributed by atoms with Gasteiger partial charge in [-0.05, 0) is 19.1 Å². The zero-order valence-electron chi connectivity index (χ0n) is 18.0. The molecule has 34 heavy (non-hydrogen) atoms. The van der Waals surface area contributed by atoms with E-state index in [1.807, 2.05) is 6.92 Å². The summed E-state index contributed by atoms with van der Waals surface area (Å²) in [5.74, 6) is -18.1. The Balaban J connectivity index is 1.81. The monoisotopic (exact) mass is 481 g/mol. The van der Waals surface area contributed by atoms with Crippen molar-refractivity contribution in [2.24, 2.45) is 4.99 Å². The largest absolute Gasteiger partial charge is 0.360 e. The van der Waals surface area contributed by atoms with Gasteiger partial charge in [-0.2, -0.15) is 0 Å². The number of likely N-dealkylation sites (tertiary alicyclic amines) is 1. The van der Waals surface area contributed by atoms with Crippen LogP contribution in [-0.2, 0) is 5.91 Å². The van der Waals surface area contributed by atoms with Crippen LogP contribution in [0.4, 0.5) is 11.4 Å². The van der Waals surface area contributed by atoms with Gasteiger partial charge < -0.3 is 56.4 Å². The molecule has 1 aliphatic heterocycles. The first-order valence-electron chi connectivity index (χ1n) is 9.98. The maximum atomic E-state index is 10.5. The Kier molecular flexibility index (Phi) is 6.60. The first-order chi connectivity index (χ1) is 15.5. The average Bonchev–Trinajstić information content (AvgIpc) is 2.73. The van der Waals surface area contributed by atoms with E-state index in [1.54, 1.807) is 24.3 Å². The molecule has 0 aliphatic carbocycles. The number of rotatable bonds is 6. The van der Waals surface area contributed by atoms with Crippen LogP contribution in [0, 0.1) is 6.92 Å². The van der Waals surface area contributed by atoms with Crippen molar-refractivity contribution < 1.29 is 51.1 Å². The van der Waals surface area contributed by atoms with Gasteiger partial charge in [0.1, 0.15) is 0 Å². The summed E-state index contributed by atoms with van der Waals surface area (Å²) in [6.45, 7) is -0.0418. The Hall–Kier alpha value is -2.53. The van der Waals surface area contributed by atoms with Crippen LogP contribution in [0.3, 0.4) is 0 Å². The van der Waals surface area contributed by atoms with Crippen LogP contribution in [0.5, 0.6) is 0 Å². The molecule has 13 nitrogen and oxygen atoms in total. The van der Waals surface area contributed by atoms with Gasteiger partial charge in [0.05, 0.1) is 17.9 Å². The van der Waals surface area contributed by atoms with E-state index in [0.29, 0.717) is 4.90 Å². The Morgan fingerprint density at radius 1 is 0.912 bits per heavy atom. The number of aryl methyl sites for hydroxylation is 1. The van der Waals surface area contributed by atoms with E-state index in [-0.39, 0.29) is 16.9 Å². The van der Waals surface area contributed by atoms with E-state index in [9.17, 15) is 51.1 Å². The molecule has 3 rings (SSSR count). The van der Waals surface area contributed by atoms with Gasteiger partial charge in [-0.15, -0.1) is 0 Å². The number of hydrogen-bond acceptors (Lipinski definition) is 13. The van der Waals surface area contributed by atoms with E-state index in [1.165, 1.54) is 24.3 Å². The summed E-state index contributed by atoms with van der Waals surface area (Å²) >= 11 is 0. The molecule has 0 saturated carbocycles. The summed E-state index contributed by atoms with van der Waals surface area (Å²) in [6, 6.07) is 12.5. The second kappa shape index (κ2) is 8.60. The molecule has 0 bridgehead atoms. The standard InChI is InChI=1S/C21H27N3O10/c1-13-6-8-14(9-7-13)18(27,28)23-16-5-3-2-4-15(16)22-10-11-24-12-17(25,26)19(29,30)20(31,32)21(24,33)34/h2-10,23,25-34H,11-12H2,1H3. The van der Waals surface area contributed by atoms with Gasteiger partial charge in [0.2, 0.25) is 5.79 Å². The van der Waals surface area contributed by atoms with Crippen molar-refractivity contribution in [3.8, 4) is 0 Å². The van der Waals surface area contributed by atoms with Gasteiger partial charge in [0.15, 0.2) is 0 Å². The fraction of sp³-hybridized carbons (Fsp3) is 0.381. The number of aliphatic imine (C=N–C) groups is 1. The molecule has 2 aromatic rings. The number of benzene rings is 2. The van der Waals surface area contributed by atoms with Crippen molar-refractivity contribution in [2.75, 3.05) is 18.4 Å². The topological polar surface area (TPSA) is 230 Å². The lowest BCUT2D eigenvalue weighted by molar-refractivity contribution is -0.554. The van der Waals surface area contributed by atoms with Gasteiger partial charge in [0, 0.05) is 18.3 Å². The Morgan fingerprint density at radius 2 is 1.50 bits per heavy atom. The molecule has 0 atom stereocenters. The number of nitrogens with one attached hydrogen (secondary N) is 1. The normalized spacial score (nSPS) is 21.5. The average molecular weight is 481 g/mol. The first-order valence-corrected chi connectivity index (χ1v) is 9.98. The molecule has 1 aliphatic rings. The molecule has 1 heterocycles. The minimum absolute atomic E-state index is 0.150. The Bertz CT molecular complexity index is 1050. The van der Waals surface area contributed by atoms with Crippen LogP contribution in [-0.4, -0.2) is 98.5 Å². The van der Waals surface area contributed by atoms with Crippen LogP contribution >= 0.6 is 0 Å². The summed E-state index contributed by atoms with van der Waals surface area (Å²) in [5, 5.41) is 102. The molecule has 0 radical (unpaired) electrons. The second-order valence-electron chi connectivity index (χ2n) is 8.17. The van der Waals surface area contributed by atoms with Gasteiger partial charge in [-0.1, -0.05) is 42.0 Å². The lowest BCUT2D eigenvalue weighted by Gasteiger charge is -2.55. The third-order valence-corrected chi connectivity index (χ3v) is 5.56. The van der Waals surface area contributed by atoms with Gasteiger partial charge >= 0.3 is 0 Å². The maximum absolute atomic E-state index is 10.5. The van der Waals surface area contributed by atoms with Gasteiger partial charge in [-0.25, -0.2) is 4.90 Å². The highest BCUT2D eigenvalue weighted by atomic mass is 16.7. The maximum Gasteiger partial charge on any atom is 0.296 e. The number of β-amino-alcohol motifs (C(OH)–C–C–N with tert-alkyl or cyclic N) is 2. The van der Waals surface area contributed by atoms with Crippen molar-refractivity contribution >= 4 is 17.6 Å². The molecule has 0 spiro atoms. The molecule has 13 heteroatoms. The number of anilines is 1. The van der Waals surface area contributed by atoms with Crippen LogP contribution < -0.4 is 5.32 Å². The lowest BCUT2D eigenvalue weighted by atomic mass is 9.87. The first kappa shape index (κ1) is 26.1. The minimum atomic E-state index is -4.20. The number of para-hydroxylation sites is 2. The fourth-order valence-electron chi connectivity index (χ4n) is 3.39. The Labute approximate surface area is 193 Å². The zero-order valence-corrected chi connectivity index (χ0v) is 18.0. The molecule has 0 amide bonds. The third kappa shape index (κ3) is 4.43. The minimum Gasteiger partial charge on any atom is -0.360 e. The fourth-order valence-corrected chi connectivity index (χ4v) is 3.39. The summed E-state index contributed by atoms with van der Waals surface area (Å²) in [4.78, 5) is 4.38. The van der Waals surface area contributed by atoms with Crippen LogP contribution in [0.1, 0.15) is 11.1 Å². The van der Waals surface area contributed by atoms with E-state index in [0.717, 1.165) is 11.8 Å². The number of nitrogens with zero attached hydrogens (tertiary/aromatic N) is 2. The molecule has 11 N–H and O–H groups in total. The summed E-state index contributed by atoms with van der Waals surface area (Å²) in [6.07, 6.45) is 1.01. The highest BCUT2D eigenvalue weighted by Gasteiger charge is 2.76. The predicted octanol–water partition coefficient (Wildman–Crippen LogP) is -3.10. The van der Waals surface area contributed by atoms with Crippen molar-refractivity contribution in [3.05, 3.63) is 59.7 Å². The summed E-state index contributed by atoms with van der Waals surface area (Å²) in [7, 11) is 0. The molecule has 2 aromatic carbocycles. The smallest absolute Gasteiger partial charge is 0.296 e. The summed E-state index contributed by atoms with van der Waals surface area (Å²) < 4.78 is 0. The second-order valence-corrected chi connectivity index (χ2v) is 8.17.